The molecule has 0 radical (unpaired) electrons. The first-order chi connectivity index (χ1) is 18.4. The van der Waals surface area contributed by atoms with E-state index in [0.717, 1.165) is 12.1 Å². The average Bonchev–Trinajstić information content (AvgIpc) is 2.92. The van der Waals surface area contributed by atoms with E-state index in [0.29, 0.717) is 33.0 Å². The molecule has 4 nitrogen and oxygen atoms in total. The fourth-order valence-electron chi connectivity index (χ4n) is 4.10. The Morgan fingerprint density at radius 3 is 1.37 bits per heavy atom. The third-order valence-electron chi connectivity index (χ3n) is 5.60. The van der Waals surface area contributed by atoms with Crippen molar-refractivity contribution < 1.29 is 27.8 Å². The largest absolute Gasteiger partial charge is 0.456 e. The molecule has 0 saturated heterocycles. The molecule has 0 saturated carbocycles. The minimum absolute atomic E-state index is 0.131. The Bertz CT molecular complexity index is 1510. The molecule has 0 fully saturated rings. The summed E-state index contributed by atoms with van der Waals surface area (Å²) in [7, 11) is 0. The van der Waals surface area contributed by atoms with Crippen LogP contribution < -0.4 is 0 Å². The maximum atomic E-state index is 14.7. The standard InChI is InChI=1S/C32H22F2O4/c1-3-37-29(35)17-15-23-24(16-18-30(36)38-4-2)32(22-13-9-6-10-14-22)26-20-28(34)27(33)19-25(26)31(23)21-11-7-5-8-12-21/h5-14,19-20H,3-4H2,1-2H3. The third-order valence-corrected chi connectivity index (χ3v) is 5.60. The first-order valence-corrected chi connectivity index (χ1v) is 11.9. The Morgan fingerprint density at radius 2 is 1.03 bits per heavy atom. The lowest BCUT2D eigenvalue weighted by Gasteiger charge is -2.18. The van der Waals surface area contributed by atoms with Crippen molar-refractivity contribution >= 4 is 22.7 Å². The molecule has 0 aromatic heterocycles. The van der Waals surface area contributed by atoms with Gasteiger partial charge in [-0.2, -0.15) is 0 Å². The van der Waals surface area contributed by atoms with Gasteiger partial charge in [0.15, 0.2) is 11.6 Å². The molecule has 0 aliphatic carbocycles. The second kappa shape index (κ2) is 11.9. The van der Waals surface area contributed by atoms with E-state index in [1.165, 1.54) is 0 Å². The predicted octanol–water partition coefficient (Wildman–Crippen LogP) is 6.28. The van der Waals surface area contributed by atoms with E-state index >= 15 is 0 Å². The topological polar surface area (TPSA) is 52.6 Å². The molecule has 0 aliphatic heterocycles. The van der Waals surface area contributed by atoms with Crippen molar-refractivity contribution in [2.45, 2.75) is 13.8 Å². The molecule has 4 rings (SSSR count). The number of ether oxygens (including phenoxy) is 2. The van der Waals surface area contributed by atoms with Crippen LogP contribution in [0.3, 0.4) is 0 Å². The molecule has 0 atom stereocenters. The molecule has 0 spiro atoms. The molecule has 0 N–H and O–H groups in total. The van der Waals surface area contributed by atoms with Gasteiger partial charge in [-0.05, 0) is 47.9 Å². The van der Waals surface area contributed by atoms with Crippen molar-refractivity contribution in [3.8, 4) is 45.9 Å². The van der Waals surface area contributed by atoms with Gasteiger partial charge in [0.1, 0.15) is 0 Å². The zero-order chi connectivity index (χ0) is 27.1. The van der Waals surface area contributed by atoms with Gasteiger partial charge in [0.2, 0.25) is 0 Å². The van der Waals surface area contributed by atoms with E-state index in [2.05, 4.69) is 23.7 Å². The number of fused-ring (bicyclic) bond motifs is 1. The number of esters is 2. The number of carbonyl (C=O) groups is 2. The van der Waals surface area contributed by atoms with Gasteiger partial charge < -0.3 is 9.47 Å². The van der Waals surface area contributed by atoms with Crippen molar-refractivity contribution in [1.29, 1.82) is 0 Å². The lowest BCUT2D eigenvalue weighted by molar-refractivity contribution is -0.137. The Balaban J connectivity index is 2.25. The maximum Gasteiger partial charge on any atom is 0.384 e. The van der Waals surface area contributed by atoms with Crippen LogP contribution in [0.1, 0.15) is 25.0 Å². The average molecular weight is 509 g/mol. The number of benzene rings is 4. The molecule has 38 heavy (non-hydrogen) atoms. The van der Waals surface area contributed by atoms with Crippen LogP contribution in [0, 0.1) is 35.3 Å². The van der Waals surface area contributed by atoms with Crippen LogP contribution in [-0.4, -0.2) is 25.2 Å². The van der Waals surface area contributed by atoms with Gasteiger partial charge in [-0.25, -0.2) is 18.4 Å². The zero-order valence-corrected chi connectivity index (χ0v) is 20.7. The summed E-state index contributed by atoms with van der Waals surface area (Å²) in [6.45, 7) is 3.58. The van der Waals surface area contributed by atoms with Gasteiger partial charge in [-0.15, -0.1) is 0 Å². The van der Waals surface area contributed by atoms with E-state index in [-0.39, 0.29) is 24.3 Å². The first-order valence-electron chi connectivity index (χ1n) is 11.9. The van der Waals surface area contributed by atoms with E-state index in [1.807, 2.05) is 12.1 Å². The van der Waals surface area contributed by atoms with Gasteiger partial charge in [0.25, 0.3) is 0 Å². The summed E-state index contributed by atoms with van der Waals surface area (Å²) in [4.78, 5) is 24.5. The van der Waals surface area contributed by atoms with E-state index in [1.54, 1.807) is 62.4 Å². The number of rotatable bonds is 4. The molecule has 0 amide bonds. The Labute approximate surface area is 219 Å². The van der Waals surface area contributed by atoms with E-state index in [4.69, 9.17) is 9.47 Å². The highest BCUT2D eigenvalue weighted by molar-refractivity contribution is 6.10. The molecule has 4 aromatic rings. The quantitative estimate of drug-likeness (QED) is 0.241. The summed E-state index contributed by atoms with van der Waals surface area (Å²) in [5.41, 5.74) is 2.66. The molecule has 188 valence electrons. The number of hydrogen-bond donors (Lipinski definition) is 0. The zero-order valence-electron chi connectivity index (χ0n) is 20.7. The number of hydrogen-bond acceptors (Lipinski definition) is 4. The van der Waals surface area contributed by atoms with Crippen molar-refractivity contribution in [3.05, 3.63) is 95.6 Å². The lowest BCUT2D eigenvalue weighted by Crippen LogP contribution is -2.03. The van der Waals surface area contributed by atoms with Crippen LogP contribution in [0.2, 0.25) is 0 Å². The molecule has 0 heterocycles. The Kier molecular flexibility index (Phi) is 8.16. The number of carbonyl (C=O) groups excluding carboxylic acids is 2. The van der Waals surface area contributed by atoms with Crippen LogP contribution in [0.15, 0.2) is 72.8 Å². The van der Waals surface area contributed by atoms with Gasteiger partial charge in [0, 0.05) is 34.1 Å². The minimum atomic E-state index is -1.04. The van der Waals surface area contributed by atoms with Gasteiger partial charge in [-0.3, -0.25) is 0 Å². The molecule has 4 aromatic carbocycles. The summed E-state index contributed by atoms with van der Waals surface area (Å²) >= 11 is 0. The highest BCUT2D eigenvalue weighted by Gasteiger charge is 2.22. The monoisotopic (exact) mass is 508 g/mol. The first kappa shape index (κ1) is 26.1. The summed E-state index contributed by atoms with van der Waals surface area (Å²) in [5, 5.41) is 0.729. The molecule has 0 bridgehead atoms. The fourth-order valence-corrected chi connectivity index (χ4v) is 4.10. The van der Waals surface area contributed by atoms with E-state index in [9.17, 15) is 18.4 Å². The summed E-state index contributed by atoms with van der Waals surface area (Å²) in [6, 6.07) is 20.2. The van der Waals surface area contributed by atoms with Gasteiger partial charge in [-0.1, -0.05) is 72.5 Å². The van der Waals surface area contributed by atoms with Gasteiger partial charge >= 0.3 is 11.9 Å². The SMILES string of the molecule is CCOC(=O)C#Cc1c(C#CC(=O)OCC)c(-c2ccccc2)c2cc(F)c(F)cc2c1-c1ccccc1. The highest BCUT2D eigenvalue weighted by Crippen LogP contribution is 2.42. The van der Waals surface area contributed by atoms with Crippen molar-refractivity contribution in [2.75, 3.05) is 13.2 Å². The molecule has 6 heteroatoms. The van der Waals surface area contributed by atoms with Crippen LogP contribution in [0.5, 0.6) is 0 Å². The fraction of sp³-hybridized carbons (Fsp3) is 0.125. The third kappa shape index (κ3) is 5.56. The maximum absolute atomic E-state index is 14.7. The summed E-state index contributed by atoms with van der Waals surface area (Å²) in [5.74, 6) is 7.06. The second-order valence-electron chi connectivity index (χ2n) is 7.98. The van der Waals surface area contributed by atoms with Crippen LogP contribution in [0.25, 0.3) is 33.0 Å². The summed E-state index contributed by atoms with van der Waals surface area (Å²) in [6.07, 6.45) is 0. The second-order valence-corrected chi connectivity index (χ2v) is 7.98. The Morgan fingerprint density at radius 1 is 0.658 bits per heavy atom. The van der Waals surface area contributed by atoms with E-state index < -0.39 is 23.6 Å². The smallest absolute Gasteiger partial charge is 0.384 e. The highest BCUT2D eigenvalue weighted by atomic mass is 19.2. The Hall–Kier alpha value is -4.94. The van der Waals surface area contributed by atoms with Gasteiger partial charge in [0.05, 0.1) is 13.2 Å². The molecule has 0 aliphatic rings. The number of halogens is 2. The molecule has 0 unspecified atom stereocenters. The lowest BCUT2D eigenvalue weighted by atomic mass is 9.83. The van der Waals surface area contributed by atoms with Crippen molar-refractivity contribution in [2.24, 2.45) is 0 Å². The van der Waals surface area contributed by atoms with Crippen LogP contribution >= 0.6 is 0 Å². The molecular formula is C32H22F2O4. The van der Waals surface area contributed by atoms with Crippen LogP contribution in [0.4, 0.5) is 8.78 Å². The van der Waals surface area contributed by atoms with Crippen molar-refractivity contribution in [1.82, 2.24) is 0 Å². The van der Waals surface area contributed by atoms with Crippen LogP contribution in [-0.2, 0) is 19.1 Å². The minimum Gasteiger partial charge on any atom is -0.456 e. The predicted molar refractivity (Wildman–Crippen MR) is 142 cm³/mol. The normalized spacial score (nSPS) is 10.1. The molecular weight excluding hydrogens is 486 g/mol. The van der Waals surface area contributed by atoms with Crippen molar-refractivity contribution in [3.63, 3.8) is 0 Å². The summed E-state index contributed by atoms with van der Waals surface area (Å²) < 4.78 is 39.3.